The Morgan fingerprint density at radius 2 is 1.94 bits per heavy atom. The monoisotopic (exact) mass is 266 g/mol. The van der Waals surface area contributed by atoms with Crippen molar-refractivity contribution in [2.24, 2.45) is 0 Å². The Kier molecular flexibility index (Phi) is 6.28. The summed E-state index contributed by atoms with van der Waals surface area (Å²) in [5.74, 6) is 0.493. The molecule has 0 spiro atoms. The minimum absolute atomic E-state index is 0.257. The highest BCUT2D eigenvalue weighted by Crippen LogP contribution is 2.17. The van der Waals surface area contributed by atoms with Crippen LogP contribution in [0, 0.1) is 0 Å². The van der Waals surface area contributed by atoms with Crippen molar-refractivity contribution in [3.8, 4) is 0 Å². The lowest BCUT2D eigenvalue weighted by Crippen LogP contribution is -2.42. The van der Waals surface area contributed by atoms with E-state index in [1.807, 2.05) is 30.3 Å². The second-order valence-corrected chi connectivity index (χ2v) is 5.12. The second kappa shape index (κ2) is 7.76. The Hall–Kier alpha value is -1.49. The lowest BCUT2D eigenvalue weighted by Gasteiger charge is -2.11. The zero-order valence-corrected chi connectivity index (χ0v) is 11.4. The third-order valence-corrected chi connectivity index (χ3v) is 3.50. The van der Waals surface area contributed by atoms with E-state index in [1.54, 1.807) is 13.8 Å². The van der Waals surface area contributed by atoms with Crippen LogP contribution in [0.1, 0.15) is 19.4 Å². The highest BCUT2D eigenvalue weighted by molar-refractivity contribution is 7.99. The number of thioether (sulfide) groups is 1. The summed E-state index contributed by atoms with van der Waals surface area (Å²) in [6, 6.07) is 9.49. The lowest BCUT2D eigenvalue weighted by molar-refractivity contribution is -0.119. The molecule has 1 rings (SSSR count). The van der Waals surface area contributed by atoms with Crippen LogP contribution >= 0.6 is 11.8 Å². The van der Waals surface area contributed by atoms with Crippen LogP contribution in [0.2, 0.25) is 0 Å². The first-order valence-corrected chi connectivity index (χ1v) is 6.92. The minimum atomic E-state index is -0.435. The maximum absolute atomic E-state index is 11.7. The number of benzene rings is 1. The van der Waals surface area contributed by atoms with Gasteiger partial charge in [-0.25, -0.2) is 4.79 Å². The van der Waals surface area contributed by atoms with Gasteiger partial charge in [-0.05, 0) is 19.4 Å². The van der Waals surface area contributed by atoms with E-state index in [4.69, 9.17) is 0 Å². The Morgan fingerprint density at radius 1 is 1.28 bits per heavy atom. The predicted molar refractivity (Wildman–Crippen MR) is 74.4 cm³/mol. The van der Waals surface area contributed by atoms with E-state index in [0.29, 0.717) is 6.54 Å². The van der Waals surface area contributed by atoms with E-state index in [0.717, 1.165) is 5.75 Å². The van der Waals surface area contributed by atoms with Gasteiger partial charge in [-0.1, -0.05) is 30.3 Å². The van der Waals surface area contributed by atoms with E-state index < -0.39 is 6.03 Å². The molecule has 0 aliphatic heterocycles. The summed E-state index contributed by atoms with van der Waals surface area (Å²) in [6.45, 7) is 4.10. The first-order valence-electron chi connectivity index (χ1n) is 5.87. The van der Waals surface area contributed by atoms with Crippen molar-refractivity contribution in [3.63, 3.8) is 0 Å². The SMILES string of the molecule is CCNC(=O)NC(=O)[C@@H](C)SCc1ccccc1. The van der Waals surface area contributed by atoms with Crippen LogP contribution < -0.4 is 10.6 Å². The maximum Gasteiger partial charge on any atom is 0.321 e. The van der Waals surface area contributed by atoms with E-state index in [1.165, 1.54) is 17.3 Å². The number of hydrogen-bond donors (Lipinski definition) is 2. The van der Waals surface area contributed by atoms with Gasteiger partial charge in [0, 0.05) is 12.3 Å². The van der Waals surface area contributed by atoms with Gasteiger partial charge in [0.25, 0.3) is 0 Å². The quantitative estimate of drug-likeness (QED) is 0.858. The van der Waals surface area contributed by atoms with Crippen LogP contribution in [0.5, 0.6) is 0 Å². The summed E-state index contributed by atoms with van der Waals surface area (Å²) >= 11 is 1.51. The van der Waals surface area contributed by atoms with Gasteiger partial charge in [0.1, 0.15) is 0 Å². The zero-order chi connectivity index (χ0) is 13.4. The molecular formula is C13H18N2O2S. The number of amides is 3. The summed E-state index contributed by atoms with van der Waals surface area (Å²) in [7, 11) is 0. The average Bonchev–Trinajstić information content (AvgIpc) is 2.37. The fraction of sp³-hybridized carbons (Fsp3) is 0.385. The highest BCUT2D eigenvalue weighted by atomic mass is 32.2. The molecule has 0 radical (unpaired) electrons. The maximum atomic E-state index is 11.7. The third kappa shape index (κ3) is 5.23. The van der Waals surface area contributed by atoms with Crippen LogP contribution in [0.3, 0.4) is 0 Å². The van der Waals surface area contributed by atoms with Gasteiger partial charge in [-0.15, -0.1) is 11.8 Å². The lowest BCUT2D eigenvalue weighted by atomic mass is 10.2. The molecule has 0 saturated carbocycles. The Bertz CT molecular complexity index is 395. The van der Waals surface area contributed by atoms with Gasteiger partial charge in [0.05, 0.1) is 5.25 Å². The normalized spacial score (nSPS) is 11.7. The van der Waals surface area contributed by atoms with E-state index in [-0.39, 0.29) is 11.2 Å². The van der Waals surface area contributed by atoms with Gasteiger partial charge < -0.3 is 5.32 Å². The molecular weight excluding hydrogens is 248 g/mol. The van der Waals surface area contributed by atoms with Gasteiger partial charge in [-0.2, -0.15) is 0 Å². The standard InChI is InChI=1S/C13H18N2O2S/c1-3-14-13(17)15-12(16)10(2)18-9-11-7-5-4-6-8-11/h4-8,10H,3,9H2,1-2H3,(H2,14,15,16,17)/t10-/m1/s1. The van der Waals surface area contributed by atoms with Crippen molar-refractivity contribution in [3.05, 3.63) is 35.9 Å². The molecule has 5 heteroatoms. The molecule has 0 aromatic heterocycles. The number of carbonyl (C=O) groups excluding carboxylic acids is 2. The van der Waals surface area contributed by atoms with Crippen molar-refractivity contribution < 1.29 is 9.59 Å². The first-order chi connectivity index (χ1) is 8.63. The zero-order valence-electron chi connectivity index (χ0n) is 10.6. The van der Waals surface area contributed by atoms with Crippen LogP contribution in [-0.2, 0) is 10.5 Å². The largest absolute Gasteiger partial charge is 0.338 e. The predicted octanol–water partition coefficient (Wildman–Crippen LogP) is 2.15. The fourth-order valence-corrected chi connectivity index (χ4v) is 2.13. The van der Waals surface area contributed by atoms with Crippen LogP contribution in [0.25, 0.3) is 0 Å². The number of imide groups is 1. The van der Waals surface area contributed by atoms with Crippen molar-refractivity contribution in [2.45, 2.75) is 24.9 Å². The topological polar surface area (TPSA) is 58.2 Å². The number of nitrogens with one attached hydrogen (secondary N) is 2. The number of rotatable bonds is 5. The highest BCUT2D eigenvalue weighted by Gasteiger charge is 2.15. The number of urea groups is 1. The molecule has 18 heavy (non-hydrogen) atoms. The molecule has 0 aliphatic carbocycles. The van der Waals surface area contributed by atoms with E-state index >= 15 is 0 Å². The molecule has 1 aromatic rings. The Labute approximate surface area is 112 Å². The minimum Gasteiger partial charge on any atom is -0.338 e. The summed E-state index contributed by atoms with van der Waals surface area (Å²) in [6.07, 6.45) is 0. The molecule has 0 bridgehead atoms. The van der Waals surface area contributed by atoms with Gasteiger partial charge in [0.15, 0.2) is 0 Å². The molecule has 0 heterocycles. The van der Waals surface area contributed by atoms with Crippen molar-refractivity contribution in [1.29, 1.82) is 0 Å². The Balaban J connectivity index is 2.34. The molecule has 98 valence electrons. The van der Waals surface area contributed by atoms with Gasteiger partial charge in [0.2, 0.25) is 5.91 Å². The van der Waals surface area contributed by atoms with E-state index in [2.05, 4.69) is 10.6 Å². The van der Waals surface area contributed by atoms with E-state index in [9.17, 15) is 9.59 Å². The van der Waals surface area contributed by atoms with Crippen molar-refractivity contribution in [1.82, 2.24) is 10.6 Å². The van der Waals surface area contributed by atoms with Crippen molar-refractivity contribution in [2.75, 3.05) is 6.54 Å². The molecule has 0 fully saturated rings. The smallest absolute Gasteiger partial charge is 0.321 e. The van der Waals surface area contributed by atoms with Crippen molar-refractivity contribution >= 4 is 23.7 Å². The van der Waals surface area contributed by atoms with Gasteiger partial charge in [-0.3, -0.25) is 10.1 Å². The Morgan fingerprint density at radius 3 is 2.56 bits per heavy atom. The van der Waals surface area contributed by atoms with Gasteiger partial charge >= 0.3 is 6.03 Å². The summed E-state index contributed by atoms with van der Waals surface area (Å²) in [5, 5.41) is 4.58. The van der Waals surface area contributed by atoms with Crippen LogP contribution in [-0.4, -0.2) is 23.7 Å². The van der Waals surface area contributed by atoms with Crippen LogP contribution in [0.4, 0.5) is 4.79 Å². The number of carbonyl (C=O) groups is 2. The molecule has 4 nitrogen and oxygen atoms in total. The molecule has 2 N–H and O–H groups in total. The summed E-state index contributed by atoms with van der Waals surface area (Å²) < 4.78 is 0. The van der Waals surface area contributed by atoms with Crippen LogP contribution in [0.15, 0.2) is 30.3 Å². The molecule has 0 unspecified atom stereocenters. The fourth-order valence-electron chi connectivity index (χ4n) is 1.29. The third-order valence-electron chi connectivity index (χ3n) is 2.29. The molecule has 3 amide bonds. The summed E-state index contributed by atoms with van der Waals surface area (Å²) in [5.41, 5.74) is 1.17. The summed E-state index contributed by atoms with van der Waals surface area (Å²) in [4.78, 5) is 22.8. The molecule has 1 atom stereocenters. The average molecular weight is 266 g/mol. The first kappa shape index (κ1) is 14.6. The molecule has 1 aromatic carbocycles. The molecule has 0 aliphatic rings. The number of hydrogen-bond acceptors (Lipinski definition) is 3. The second-order valence-electron chi connectivity index (χ2n) is 3.79. The molecule has 0 saturated heterocycles.